The molecule has 2 aliphatic rings. The van der Waals surface area contributed by atoms with E-state index in [-0.39, 0.29) is 49.9 Å². The molecule has 0 aromatic carbocycles. The van der Waals surface area contributed by atoms with Gasteiger partial charge in [-0.3, -0.25) is 9.13 Å². The molecule has 37 heavy (non-hydrogen) atoms. The van der Waals surface area contributed by atoms with Gasteiger partial charge in [-0.25, -0.2) is 13.2 Å². The van der Waals surface area contributed by atoms with Gasteiger partial charge in [-0.05, 0) is 24.8 Å². The first-order chi connectivity index (χ1) is 17.7. The third kappa shape index (κ3) is 11.6. The van der Waals surface area contributed by atoms with E-state index in [9.17, 15) is 17.8 Å². The van der Waals surface area contributed by atoms with Crippen LogP contribution in [0.2, 0.25) is 0 Å². The number of nitrogens with zero attached hydrogens (tertiary/aromatic N) is 2. The lowest BCUT2D eigenvalue weighted by Crippen LogP contribution is -2.35. The summed E-state index contributed by atoms with van der Waals surface area (Å²) in [5, 5.41) is 0. The molecule has 0 amide bonds. The number of nitrogens with two attached hydrogens (primary N) is 1. The first-order valence-electron chi connectivity index (χ1n) is 13.8. The molecule has 1 aliphatic heterocycles. The molecule has 3 rings (SSSR count). The fourth-order valence-corrected chi connectivity index (χ4v) is 7.46. The van der Waals surface area contributed by atoms with Crippen molar-refractivity contribution in [3.63, 3.8) is 0 Å². The summed E-state index contributed by atoms with van der Waals surface area (Å²) in [6.07, 6.45) is 15.9. The lowest BCUT2D eigenvalue weighted by Gasteiger charge is -2.29. The molecule has 1 aromatic rings. The lowest BCUT2D eigenvalue weighted by molar-refractivity contribution is -0.0144. The first-order valence-corrected chi connectivity index (χ1v) is 17.3. The quantitative estimate of drug-likeness (QED) is 0.202. The van der Waals surface area contributed by atoms with Gasteiger partial charge in [-0.2, -0.15) is 4.98 Å². The normalized spacial score (nSPS) is 22.6. The van der Waals surface area contributed by atoms with E-state index in [1.165, 1.54) is 74.6 Å². The number of nitrogen functional groups attached to an aromatic ring is 1. The van der Waals surface area contributed by atoms with Gasteiger partial charge >= 0.3 is 13.3 Å². The van der Waals surface area contributed by atoms with Crippen molar-refractivity contribution in [1.29, 1.82) is 0 Å². The average Bonchev–Trinajstić information content (AvgIpc) is 2.82. The smallest absolute Gasteiger partial charge is 0.356 e. The molecular weight excluding hydrogens is 517 g/mol. The zero-order valence-electron chi connectivity index (χ0n) is 21.9. The maximum absolute atomic E-state index is 12.7. The first kappa shape index (κ1) is 30.3. The molecule has 2 heterocycles. The predicted octanol–water partition coefficient (Wildman–Crippen LogP) is 4.52. The van der Waals surface area contributed by atoms with E-state index in [1.807, 2.05) is 0 Å². The minimum absolute atomic E-state index is 0.00450. The number of hydrogen-bond donors (Lipinski definition) is 1. The van der Waals surface area contributed by atoms with Crippen LogP contribution in [-0.2, 0) is 34.7 Å². The highest BCUT2D eigenvalue weighted by molar-refractivity contribution is 7.91. The van der Waals surface area contributed by atoms with E-state index in [2.05, 4.69) is 4.98 Å². The molecule has 1 saturated carbocycles. The number of ether oxygens (including phenoxy) is 1. The van der Waals surface area contributed by atoms with E-state index in [4.69, 9.17) is 19.5 Å². The van der Waals surface area contributed by atoms with Crippen LogP contribution < -0.4 is 11.4 Å². The van der Waals surface area contributed by atoms with Crippen LogP contribution in [-0.4, -0.2) is 55.1 Å². The highest BCUT2D eigenvalue weighted by Crippen LogP contribution is 2.51. The summed E-state index contributed by atoms with van der Waals surface area (Å²) in [5.74, 6) is 1.34. The molecule has 2 fully saturated rings. The Morgan fingerprint density at radius 3 is 2.35 bits per heavy atom. The standard InChI is InChI=1S/C25H44N3O7PS/c26-24-14-15-28(25(29)27-24)19-23-20-35-36(30,21-33-23)34-16-10-18-37(31,32)17-8-6-4-2-1-3-5-7-11-22-12-9-13-22/h14-15,22-23H,1-13,16-21H2,(H2,26,27,29)/t23-,36?/m0/s1. The molecule has 1 aromatic heterocycles. The topological polar surface area (TPSA) is 140 Å². The van der Waals surface area contributed by atoms with Crippen molar-refractivity contribution in [2.24, 2.45) is 5.92 Å². The van der Waals surface area contributed by atoms with Gasteiger partial charge in [0.2, 0.25) is 0 Å². The van der Waals surface area contributed by atoms with E-state index < -0.39 is 29.2 Å². The fraction of sp³-hybridized carbons (Fsp3) is 0.840. The van der Waals surface area contributed by atoms with Gasteiger partial charge in [-0.1, -0.05) is 70.6 Å². The van der Waals surface area contributed by atoms with E-state index in [1.54, 1.807) is 0 Å². The Hall–Kier alpha value is -1.26. The Morgan fingerprint density at radius 2 is 1.73 bits per heavy atom. The largest absolute Gasteiger partial charge is 0.383 e. The Morgan fingerprint density at radius 1 is 1.05 bits per heavy atom. The van der Waals surface area contributed by atoms with Gasteiger partial charge in [0, 0.05) is 6.20 Å². The summed E-state index contributed by atoms with van der Waals surface area (Å²) in [4.78, 5) is 15.5. The van der Waals surface area contributed by atoms with Gasteiger partial charge in [0.05, 0.1) is 31.3 Å². The van der Waals surface area contributed by atoms with Crippen molar-refractivity contribution in [1.82, 2.24) is 9.55 Å². The minimum atomic E-state index is -3.45. The van der Waals surface area contributed by atoms with Crippen molar-refractivity contribution in [3.05, 3.63) is 22.7 Å². The molecule has 1 unspecified atom stereocenters. The average molecular weight is 562 g/mol. The fourth-order valence-electron chi connectivity index (χ4n) is 4.64. The maximum Gasteiger partial charge on any atom is 0.356 e. The summed E-state index contributed by atoms with van der Waals surface area (Å²) < 4.78 is 54.9. The molecule has 1 aliphatic carbocycles. The van der Waals surface area contributed by atoms with Crippen LogP contribution in [0.15, 0.2) is 17.1 Å². The second-order valence-corrected chi connectivity index (χ2v) is 14.7. The van der Waals surface area contributed by atoms with Crippen LogP contribution in [0.5, 0.6) is 0 Å². The van der Waals surface area contributed by atoms with E-state index in [0.717, 1.165) is 18.8 Å². The van der Waals surface area contributed by atoms with Crippen LogP contribution in [0.1, 0.15) is 83.5 Å². The summed E-state index contributed by atoms with van der Waals surface area (Å²) >= 11 is 0. The highest BCUT2D eigenvalue weighted by Gasteiger charge is 2.33. The molecule has 2 N–H and O–H groups in total. The number of hydrogen-bond acceptors (Lipinski definition) is 9. The van der Waals surface area contributed by atoms with Crippen LogP contribution in [0, 0.1) is 5.92 Å². The lowest BCUT2D eigenvalue weighted by atomic mass is 9.81. The monoisotopic (exact) mass is 561 g/mol. The SMILES string of the molecule is Nc1ccn(C[C@H]2COP(=O)(OCCCS(=O)(=O)CCCCCCCCCCC3CCC3)CO2)c(=O)n1. The van der Waals surface area contributed by atoms with Crippen molar-refractivity contribution in [2.75, 3.05) is 36.8 Å². The molecule has 0 radical (unpaired) electrons. The van der Waals surface area contributed by atoms with Crippen LogP contribution in [0.25, 0.3) is 0 Å². The van der Waals surface area contributed by atoms with Crippen LogP contribution in [0.3, 0.4) is 0 Å². The van der Waals surface area contributed by atoms with Gasteiger partial charge in [0.1, 0.15) is 28.1 Å². The third-order valence-electron chi connectivity index (χ3n) is 7.15. The summed E-state index contributed by atoms with van der Waals surface area (Å²) in [6, 6.07) is 1.51. The Balaban J connectivity index is 1.18. The third-order valence-corrected chi connectivity index (χ3v) is 10.6. The molecule has 2 atom stereocenters. The number of anilines is 1. The molecule has 212 valence electrons. The summed E-state index contributed by atoms with van der Waals surface area (Å²) in [7, 11) is -6.60. The van der Waals surface area contributed by atoms with Crippen molar-refractivity contribution < 1.29 is 26.8 Å². The Labute approximate surface area is 221 Å². The van der Waals surface area contributed by atoms with Crippen LogP contribution >= 0.6 is 7.60 Å². The molecule has 12 heteroatoms. The number of sulfone groups is 1. The summed E-state index contributed by atoms with van der Waals surface area (Å²) in [6.45, 7) is 0.199. The van der Waals surface area contributed by atoms with Gasteiger partial charge in [0.15, 0.2) is 0 Å². The van der Waals surface area contributed by atoms with E-state index in [0.29, 0.717) is 6.42 Å². The molecular formula is C25H44N3O7PS. The maximum atomic E-state index is 12.7. The molecule has 0 bridgehead atoms. The zero-order chi connectivity index (χ0) is 26.6. The number of rotatable bonds is 18. The van der Waals surface area contributed by atoms with Crippen molar-refractivity contribution in [2.45, 2.75) is 96.1 Å². The molecule has 10 nitrogen and oxygen atoms in total. The van der Waals surface area contributed by atoms with Gasteiger partial charge in [-0.15, -0.1) is 0 Å². The number of unbranched alkanes of at least 4 members (excludes halogenated alkanes) is 7. The van der Waals surface area contributed by atoms with Crippen LogP contribution in [0.4, 0.5) is 5.82 Å². The zero-order valence-corrected chi connectivity index (χ0v) is 23.6. The highest BCUT2D eigenvalue weighted by atomic mass is 32.2. The Kier molecular flexibility index (Phi) is 12.6. The molecule has 1 saturated heterocycles. The summed E-state index contributed by atoms with van der Waals surface area (Å²) in [5.41, 5.74) is 4.98. The van der Waals surface area contributed by atoms with Gasteiger partial charge in [0.25, 0.3) is 0 Å². The second kappa shape index (κ2) is 15.4. The van der Waals surface area contributed by atoms with Crippen molar-refractivity contribution >= 4 is 23.3 Å². The molecule has 0 spiro atoms. The number of aromatic nitrogens is 2. The van der Waals surface area contributed by atoms with Crippen molar-refractivity contribution in [3.8, 4) is 0 Å². The predicted molar refractivity (Wildman–Crippen MR) is 144 cm³/mol. The Bertz CT molecular complexity index is 1020. The van der Waals surface area contributed by atoms with Gasteiger partial charge < -0.3 is 19.5 Å². The second-order valence-electron chi connectivity index (χ2n) is 10.4. The minimum Gasteiger partial charge on any atom is -0.383 e. The van der Waals surface area contributed by atoms with E-state index >= 15 is 0 Å².